The Labute approximate surface area is 136 Å². The number of piperidine rings is 1. The van der Waals surface area contributed by atoms with Gasteiger partial charge in [0.05, 0.1) is 0 Å². The van der Waals surface area contributed by atoms with E-state index in [4.69, 9.17) is 4.74 Å². The molecule has 0 spiro atoms. The third kappa shape index (κ3) is 8.59. The van der Waals surface area contributed by atoms with Crippen molar-refractivity contribution in [2.24, 2.45) is 10.9 Å². The molecule has 0 aromatic carbocycles. The molecule has 0 saturated carbocycles. The van der Waals surface area contributed by atoms with E-state index in [1.807, 2.05) is 7.05 Å². The van der Waals surface area contributed by atoms with Crippen LogP contribution in [0.4, 0.5) is 0 Å². The van der Waals surface area contributed by atoms with Gasteiger partial charge in [-0.05, 0) is 44.7 Å². The molecular formula is C17H36N4O. The Bertz CT molecular complexity index is 296. The van der Waals surface area contributed by atoms with Crippen molar-refractivity contribution in [3.8, 4) is 0 Å². The van der Waals surface area contributed by atoms with Gasteiger partial charge in [-0.3, -0.25) is 4.99 Å². The van der Waals surface area contributed by atoms with Crippen molar-refractivity contribution < 1.29 is 4.74 Å². The number of nitrogens with one attached hydrogen (secondary N) is 2. The topological polar surface area (TPSA) is 48.9 Å². The molecule has 1 fully saturated rings. The van der Waals surface area contributed by atoms with Crippen LogP contribution in [0.3, 0.4) is 0 Å². The van der Waals surface area contributed by atoms with Gasteiger partial charge in [-0.15, -0.1) is 0 Å². The van der Waals surface area contributed by atoms with E-state index in [0.29, 0.717) is 0 Å². The van der Waals surface area contributed by atoms with E-state index < -0.39 is 0 Å². The zero-order valence-corrected chi connectivity index (χ0v) is 14.9. The third-order valence-electron chi connectivity index (χ3n) is 4.23. The van der Waals surface area contributed by atoms with E-state index in [-0.39, 0.29) is 0 Å². The van der Waals surface area contributed by atoms with Crippen LogP contribution in [0.5, 0.6) is 0 Å². The van der Waals surface area contributed by atoms with Gasteiger partial charge in [0, 0.05) is 39.9 Å². The molecule has 5 nitrogen and oxygen atoms in total. The number of hydrogen-bond acceptors (Lipinski definition) is 3. The second kappa shape index (κ2) is 12.7. The van der Waals surface area contributed by atoms with Crippen LogP contribution < -0.4 is 10.6 Å². The maximum Gasteiger partial charge on any atom is 0.190 e. The summed E-state index contributed by atoms with van der Waals surface area (Å²) in [4.78, 5) is 6.84. The fraction of sp³-hybridized carbons (Fsp3) is 0.941. The van der Waals surface area contributed by atoms with Gasteiger partial charge in [0.2, 0.25) is 0 Å². The molecule has 5 heteroatoms. The number of aliphatic imine (C=N–C) groups is 1. The van der Waals surface area contributed by atoms with Gasteiger partial charge in [-0.2, -0.15) is 0 Å². The predicted octanol–water partition coefficient (Wildman–Crippen LogP) is 2.09. The smallest absolute Gasteiger partial charge is 0.190 e. The highest BCUT2D eigenvalue weighted by atomic mass is 16.5. The molecule has 1 aliphatic heterocycles. The summed E-state index contributed by atoms with van der Waals surface area (Å²) in [5.74, 6) is 1.66. The van der Waals surface area contributed by atoms with E-state index >= 15 is 0 Å². The van der Waals surface area contributed by atoms with Crippen LogP contribution in [0.25, 0.3) is 0 Å². The molecule has 1 atom stereocenters. The first-order valence-electron chi connectivity index (χ1n) is 9.04. The van der Waals surface area contributed by atoms with Crippen LogP contribution >= 0.6 is 0 Å². The lowest BCUT2D eigenvalue weighted by molar-refractivity contribution is 0.129. The van der Waals surface area contributed by atoms with Crippen molar-refractivity contribution in [3.05, 3.63) is 0 Å². The molecule has 0 radical (unpaired) electrons. The zero-order chi connectivity index (χ0) is 16.0. The van der Waals surface area contributed by atoms with Crippen LogP contribution in [0.2, 0.25) is 0 Å². The highest BCUT2D eigenvalue weighted by Crippen LogP contribution is 2.14. The maximum absolute atomic E-state index is 5.56. The van der Waals surface area contributed by atoms with E-state index in [2.05, 4.69) is 34.4 Å². The molecule has 1 unspecified atom stereocenters. The standard InChI is InChI=1S/C17H36N4O/c1-4-6-12-22-13-8-10-19-17(18-3)20-14-16-9-7-11-21(5-2)15-16/h16H,4-15H2,1-3H3,(H2,18,19,20). The van der Waals surface area contributed by atoms with Crippen LogP contribution in [0.1, 0.15) is 46.0 Å². The van der Waals surface area contributed by atoms with Gasteiger partial charge in [0.1, 0.15) is 0 Å². The first-order valence-corrected chi connectivity index (χ1v) is 9.04. The summed E-state index contributed by atoms with van der Waals surface area (Å²) in [6.45, 7) is 11.7. The van der Waals surface area contributed by atoms with Gasteiger partial charge in [-0.25, -0.2) is 0 Å². The molecule has 1 heterocycles. The first kappa shape index (κ1) is 19.2. The summed E-state index contributed by atoms with van der Waals surface area (Å²) < 4.78 is 5.56. The molecule has 0 aliphatic carbocycles. The van der Waals surface area contributed by atoms with Crippen LogP contribution in [0.15, 0.2) is 4.99 Å². The Hall–Kier alpha value is -0.810. The molecule has 1 saturated heterocycles. The van der Waals surface area contributed by atoms with Gasteiger partial charge in [0.15, 0.2) is 5.96 Å². The Morgan fingerprint density at radius 1 is 1.23 bits per heavy atom. The average molecular weight is 313 g/mol. The SMILES string of the molecule is CCCCOCCCNC(=NC)NCC1CCCN(CC)C1. The van der Waals surface area contributed by atoms with Gasteiger partial charge < -0.3 is 20.3 Å². The molecule has 22 heavy (non-hydrogen) atoms. The summed E-state index contributed by atoms with van der Waals surface area (Å²) in [6, 6.07) is 0. The Balaban J connectivity index is 2.07. The number of likely N-dealkylation sites (tertiary alicyclic amines) is 1. The Morgan fingerprint density at radius 2 is 2.05 bits per heavy atom. The first-order chi connectivity index (χ1) is 10.8. The number of unbranched alkanes of at least 4 members (excludes halogenated alkanes) is 1. The minimum atomic E-state index is 0.740. The lowest BCUT2D eigenvalue weighted by Gasteiger charge is -2.32. The van der Waals surface area contributed by atoms with E-state index in [9.17, 15) is 0 Å². The van der Waals surface area contributed by atoms with Crippen molar-refractivity contribution >= 4 is 5.96 Å². The Kier molecular flexibility index (Phi) is 11.1. The normalized spacial score (nSPS) is 20.1. The van der Waals surface area contributed by atoms with Crippen LogP contribution in [-0.2, 0) is 4.74 Å². The molecule has 0 amide bonds. The van der Waals surface area contributed by atoms with Gasteiger partial charge >= 0.3 is 0 Å². The van der Waals surface area contributed by atoms with Crippen molar-refractivity contribution in [2.45, 2.75) is 46.0 Å². The molecule has 2 N–H and O–H groups in total. The second-order valence-corrected chi connectivity index (χ2v) is 6.10. The summed E-state index contributed by atoms with van der Waals surface area (Å²) in [5.41, 5.74) is 0. The highest BCUT2D eigenvalue weighted by Gasteiger charge is 2.18. The largest absolute Gasteiger partial charge is 0.381 e. The van der Waals surface area contributed by atoms with Crippen LogP contribution in [-0.4, -0.2) is 63.8 Å². The molecule has 0 aromatic heterocycles. The van der Waals surface area contributed by atoms with Crippen molar-refractivity contribution in [3.63, 3.8) is 0 Å². The average Bonchev–Trinajstić information content (AvgIpc) is 2.57. The zero-order valence-electron chi connectivity index (χ0n) is 14.9. The minimum Gasteiger partial charge on any atom is -0.381 e. The predicted molar refractivity (Wildman–Crippen MR) is 94.5 cm³/mol. The quantitative estimate of drug-likeness (QED) is 0.368. The van der Waals surface area contributed by atoms with Crippen molar-refractivity contribution in [1.82, 2.24) is 15.5 Å². The highest BCUT2D eigenvalue weighted by molar-refractivity contribution is 5.79. The van der Waals surface area contributed by atoms with Crippen LogP contribution in [0, 0.1) is 5.92 Å². The number of rotatable bonds is 10. The number of guanidine groups is 1. The lowest BCUT2D eigenvalue weighted by atomic mass is 9.98. The molecule has 0 bridgehead atoms. The number of ether oxygens (including phenoxy) is 1. The van der Waals surface area contributed by atoms with E-state index in [0.717, 1.165) is 51.0 Å². The molecular weight excluding hydrogens is 276 g/mol. The summed E-state index contributed by atoms with van der Waals surface area (Å²) in [5, 5.41) is 6.84. The van der Waals surface area contributed by atoms with E-state index in [1.54, 1.807) is 0 Å². The second-order valence-electron chi connectivity index (χ2n) is 6.10. The molecule has 1 rings (SSSR count). The van der Waals surface area contributed by atoms with Crippen molar-refractivity contribution in [1.29, 1.82) is 0 Å². The minimum absolute atomic E-state index is 0.740. The molecule has 0 aromatic rings. The monoisotopic (exact) mass is 312 g/mol. The summed E-state index contributed by atoms with van der Waals surface area (Å²) in [7, 11) is 1.84. The fourth-order valence-corrected chi connectivity index (χ4v) is 2.80. The van der Waals surface area contributed by atoms with Gasteiger partial charge in [-0.1, -0.05) is 20.3 Å². The fourth-order valence-electron chi connectivity index (χ4n) is 2.80. The molecule has 1 aliphatic rings. The number of nitrogens with zero attached hydrogens (tertiary/aromatic N) is 2. The Morgan fingerprint density at radius 3 is 2.77 bits per heavy atom. The number of hydrogen-bond donors (Lipinski definition) is 2. The third-order valence-corrected chi connectivity index (χ3v) is 4.23. The van der Waals surface area contributed by atoms with Gasteiger partial charge in [0.25, 0.3) is 0 Å². The summed E-state index contributed by atoms with van der Waals surface area (Å²) >= 11 is 0. The molecule has 130 valence electrons. The van der Waals surface area contributed by atoms with Crippen molar-refractivity contribution in [2.75, 3.05) is 53.0 Å². The van der Waals surface area contributed by atoms with E-state index in [1.165, 1.54) is 38.9 Å². The summed E-state index contributed by atoms with van der Waals surface area (Å²) in [6.07, 6.45) is 6.03. The maximum atomic E-state index is 5.56. The lowest BCUT2D eigenvalue weighted by Crippen LogP contribution is -2.44.